The van der Waals surface area contributed by atoms with Gasteiger partial charge >= 0.3 is 5.97 Å². The number of aromatic nitrogens is 2. The summed E-state index contributed by atoms with van der Waals surface area (Å²) in [6.45, 7) is 3.63. The minimum Gasteiger partial charge on any atom is -0.479 e. The Balaban J connectivity index is 2.00. The van der Waals surface area contributed by atoms with Gasteiger partial charge in [-0.15, -0.1) is 11.3 Å². The Bertz CT molecular complexity index is 911. The number of nitrogens with zero attached hydrogens (tertiary/aromatic N) is 2. The smallest absolute Gasteiger partial charge is 0.334 e. The molecule has 0 radical (unpaired) electrons. The van der Waals surface area contributed by atoms with Crippen LogP contribution in [-0.2, 0) is 17.4 Å². The highest BCUT2D eigenvalue weighted by Gasteiger charge is 2.40. The summed E-state index contributed by atoms with van der Waals surface area (Å²) in [5.41, 5.74) is -0.0601. The van der Waals surface area contributed by atoms with E-state index >= 15 is 0 Å². The van der Waals surface area contributed by atoms with Gasteiger partial charge in [0.1, 0.15) is 4.83 Å². The number of benzene rings is 1. The monoisotopic (exact) mass is 357 g/mol. The van der Waals surface area contributed by atoms with Gasteiger partial charge < -0.3 is 10.4 Å². The predicted molar refractivity (Wildman–Crippen MR) is 96.8 cm³/mol. The fourth-order valence-corrected chi connectivity index (χ4v) is 4.01. The molecular weight excluding hydrogens is 338 g/mol. The van der Waals surface area contributed by atoms with E-state index in [2.05, 4.69) is 10.4 Å². The van der Waals surface area contributed by atoms with E-state index in [4.69, 9.17) is 0 Å². The maximum Gasteiger partial charge on any atom is 0.334 e. The van der Waals surface area contributed by atoms with Gasteiger partial charge in [0.25, 0.3) is 5.91 Å². The minimum absolute atomic E-state index is 0.240. The molecule has 0 aliphatic heterocycles. The molecule has 2 heterocycles. The number of hydrogen-bond acceptors (Lipinski definition) is 4. The summed E-state index contributed by atoms with van der Waals surface area (Å²) in [5.74, 6) is -1.47. The summed E-state index contributed by atoms with van der Waals surface area (Å²) in [4.78, 5) is 26.2. The molecule has 0 fully saturated rings. The molecule has 7 heteroatoms. The number of amides is 1. The van der Waals surface area contributed by atoms with Crippen molar-refractivity contribution in [2.75, 3.05) is 0 Å². The molecule has 0 bridgehead atoms. The highest BCUT2D eigenvalue weighted by atomic mass is 32.1. The molecule has 1 unspecified atom stereocenters. The number of carbonyl (C=O) groups is 2. The van der Waals surface area contributed by atoms with E-state index in [-0.39, 0.29) is 6.42 Å². The number of fused-ring (bicyclic) bond motifs is 1. The quantitative estimate of drug-likeness (QED) is 0.735. The van der Waals surface area contributed by atoms with Gasteiger partial charge in [0.15, 0.2) is 5.54 Å². The fourth-order valence-electron chi connectivity index (χ4n) is 2.99. The van der Waals surface area contributed by atoms with E-state index in [9.17, 15) is 14.7 Å². The molecule has 0 aliphatic rings. The van der Waals surface area contributed by atoms with Crippen LogP contribution in [0.2, 0.25) is 0 Å². The topological polar surface area (TPSA) is 84.2 Å². The zero-order chi connectivity index (χ0) is 18.2. The Morgan fingerprint density at radius 3 is 2.56 bits per heavy atom. The molecule has 0 saturated heterocycles. The molecule has 1 amide bonds. The van der Waals surface area contributed by atoms with Crippen molar-refractivity contribution in [2.24, 2.45) is 7.05 Å². The third-order valence-corrected chi connectivity index (χ3v) is 5.61. The lowest BCUT2D eigenvalue weighted by Gasteiger charge is -2.29. The van der Waals surface area contributed by atoms with Crippen LogP contribution < -0.4 is 5.32 Å². The van der Waals surface area contributed by atoms with Gasteiger partial charge in [0.2, 0.25) is 0 Å². The van der Waals surface area contributed by atoms with Crippen LogP contribution in [0.4, 0.5) is 0 Å². The van der Waals surface area contributed by atoms with Crippen LogP contribution in [0, 0.1) is 6.92 Å². The van der Waals surface area contributed by atoms with Crippen molar-refractivity contribution in [1.82, 2.24) is 15.1 Å². The van der Waals surface area contributed by atoms with Crippen LogP contribution >= 0.6 is 11.3 Å². The number of rotatable bonds is 5. The lowest BCUT2D eigenvalue weighted by Crippen LogP contribution is -2.51. The first-order chi connectivity index (χ1) is 11.9. The molecule has 25 heavy (non-hydrogen) atoms. The Kier molecular flexibility index (Phi) is 4.34. The second-order valence-corrected chi connectivity index (χ2v) is 6.95. The van der Waals surface area contributed by atoms with E-state index in [0.717, 1.165) is 15.9 Å². The van der Waals surface area contributed by atoms with E-state index < -0.39 is 17.4 Å². The van der Waals surface area contributed by atoms with Crippen LogP contribution in [0.5, 0.6) is 0 Å². The fraction of sp³-hybridized carbons (Fsp3) is 0.278. The van der Waals surface area contributed by atoms with Gasteiger partial charge in [0.05, 0.1) is 10.6 Å². The highest BCUT2D eigenvalue weighted by molar-refractivity contribution is 7.20. The Morgan fingerprint density at radius 2 is 2.00 bits per heavy atom. The van der Waals surface area contributed by atoms with Crippen molar-refractivity contribution in [3.63, 3.8) is 0 Å². The van der Waals surface area contributed by atoms with Crippen molar-refractivity contribution in [3.05, 3.63) is 52.5 Å². The summed E-state index contributed by atoms with van der Waals surface area (Å²) < 4.78 is 1.73. The van der Waals surface area contributed by atoms with Crippen LogP contribution in [0.25, 0.3) is 10.2 Å². The molecule has 1 aromatic carbocycles. The number of carbonyl (C=O) groups excluding carboxylic acids is 1. The standard InChI is InChI=1S/C18H19N3O3S/c1-4-18(17(23)24,12-8-6-5-7-9-12)19-15(22)14-10-13-11(2)20-21(3)16(13)25-14/h5-10H,4H2,1-3H3,(H,19,22)(H,23,24). The van der Waals surface area contributed by atoms with Crippen LogP contribution in [0.1, 0.15) is 34.3 Å². The van der Waals surface area contributed by atoms with Crippen molar-refractivity contribution in [2.45, 2.75) is 25.8 Å². The molecule has 130 valence electrons. The molecule has 0 saturated carbocycles. The molecule has 3 rings (SSSR count). The summed E-state index contributed by atoms with van der Waals surface area (Å²) in [6.07, 6.45) is 0.240. The SMILES string of the molecule is CCC(NC(=O)c1cc2c(C)nn(C)c2s1)(C(=O)O)c1ccccc1. The van der Waals surface area contributed by atoms with Gasteiger partial charge in [-0.05, 0) is 25.0 Å². The highest BCUT2D eigenvalue weighted by Crippen LogP contribution is 2.30. The second kappa shape index (κ2) is 6.33. The minimum atomic E-state index is -1.46. The van der Waals surface area contributed by atoms with Gasteiger partial charge in [-0.2, -0.15) is 5.10 Å². The van der Waals surface area contributed by atoms with Crippen molar-refractivity contribution in [1.29, 1.82) is 0 Å². The number of carboxylic acids is 1. The Morgan fingerprint density at radius 1 is 1.32 bits per heavy atom. The summed E-state index contributed by atoms with van der Waals surface area (Å²) in [7, 11) is 1.82. The zero-order valence-electron chi connectivity index (χ0n) is 14.2. The molecule has 6 nitrogen and oxygen atoms in total. The average molecular weight is 357 g/mol. The van der Waals surface area contributed by atoms with E-state index in [1.165, 1.54) is 11.3 Å². The largest absolute Gasteiger partial charge is 0.479 e. The number of nitrogens with one attached hydrogen (secondary N) is 1. The third kappa shape index (κ3) is 2.80. The molecule has 2 aromatic heterocycles. The first-order valence-corrected chi connectivity index (χ1v) is 8.75. The molecular formula is C18H19N3O3S. The van der Waals surface area contributed by atoms with Crippen LogP contribution in [0.15, 0.2) is 36.4 Å². The van der Waals surface area contributed by atoms with Gasteiger partial charge in [-0.3, -0.25) is 9.48 Å². The average Bonchev–Trinajstić information content (AvgIpc) is 3.15. The lowest BCUT2D eigenvalue weighted by atomic mass is 9.87. The van der Waals surface area contributed by atoms with E-state index in [0.29, 0.717) is 10.4 Å². The van der Waals surface area contributed by atoms with Gasteiger partial charge in [-0.25, -0.2) is 4.79 Å². The number of aliphatic carboxylic acids is 1. The van der Waals surface area contributed by atoms with E-state index in [1.807, 2.05) is 20.0 Å². The number of carboxylic acid groups (broad SMARTS) is 1. The third-order valence-electron chi connectivity index (χ3n) is 4.41. The maximum atomic E-state index is 12.8. The second-order valence-electron chi connectivity index (χ2n) is 5.92. The Hall–Kier alpha value is -2.67. The predicted octanol–water partition coefficient (Wildman–Crippen LogP) is 3.06. The summed E-state index contributed by atoms with van der Waals surface area (Å²) >= 11 is 1.31. The van der Waals surface area contributed by atoms with E-state index in [1.54, 1.807) is 41.9 Å². The van der Waals surface area contributed by atoms with Crippen LogP contribution in [-0.4, -0.2) is 26.8 Å². The maximum absolute atomic E-state index is 12.8. The summed E-state index contributed by atoms with van der Waals surface area (Å²) in [6, 6.07) is 10.6. The molecule has 0 aliphatic carbocycles. The lowest BCUT2D eigenvalue weighted by molar-refractivity contribution is -0.145. The first-order valence-electron chi connectivity index (χ1n) is 7.93. The molecule has 0 spiro atoms. The van der Waals surface area contributed by atoms with Crippen molar-refractivity contribution in [3.8, 4) is 0 Å². The number of hydrogen-bond donors (Lipinski definition) is 2. The molecule has 2 N–H and O–H groups in total. The zero-order valence-corrected chi connectivity index (χ0v) is 15.1. The van der Waals surface area contributed by atoms with Crippen molar-refractivity contribution >= 4 is 33.4 Å². The number of aryl methyl sites for hydroxylation is 2. The van der Waals surface area contributed by atoms with Crippen LogP contribution in [0.3, 0.4) is 0 Å². The van der Waals surface area contributed by atoms with Gasteiger partial charge in [0, 0.05) is 12.4 Å². The first kappa shape index (κ1) is 17.2. The van der Waals surface area contributed by atoms with Gasteiger partial charge in [-0.1, -0.05) is 37.3 Å². The Labute approximate surface area is 149 Å². The number of thiophene rings is 1. The molecule has 1 atom stereocenters. The van der Waals surface area contributed by atoms with Crippen molar-refractivity contribution < 1.29 is 14.7 Å². The normalized spacial score (nSPS) is 13.6. The summed E-state index contributed by atoms with van der Waals surface area (Å²) in [5, 5.41) is 17.8. The molecule has 3 aromatic rings.